The lowest BCUT2D eigenvalue weighted by molar-refractivity contribution is 0.0693. The van der Waals surface area contributed by atoms with Gasteiger partial charge in [-0.05, 0) is 54.8 Å². The molecule has 7 heteroatoms. The van der Waals surface area contributed by atoms with E-state index in [-0.39, 0.29) is 23.5 Å². The van der Waals surface area contributed by atoms with Crippen LogP contribution in [0.15, 0.2) is 59.1 Å². The summed E-state index contributed by atoms with van der Waals surface area (Å²) < 4.78 is 32.8. The summed E-state index contributed by atoms with van der Waals surface area (Å²) in [6.07, 6.45) is 3.85. The summed E-state index contributed by atoms with van der Waals surface area (Å²) in [6.45, 7) is 1.15. The minimum atomic E-state index is -0.343. The van der Waals surface area contributed by atoms with Crippen molar-refractivity contribution in [3.05, 3.63) is 89.3 Å². The van der Waals surface area contributed by atoms with Gasteiger partial charge in [0.15, 0.2) is 5.89 Å². The number of oxazole rings is 1. The fourth-order valence-electron chi connectivity index (χ4n) is 4.19. The number of rotatable bonds is 4. The molecule has 1 aliphatic rings. The number of halogens is 2. The van der Waals surface area contributed by atoms with Gasteiger partial charge in [0, 0.05) is 30.4 Å². The van der Waals surface area contributed by atoms with Crippen molar-refractivity contribution in [2.45, 2.75) is 25.2 Å². The van der Waals surface area contributed by atoms with Crippen molar-refractivity contribution in [2.24, 2.45) is 0 Å². The molecule has 5 nitrogen and oxygen atoms in total. The number of benzene rings is 2. The molecule has 31 heavy (non-hydrogen) atoms. The number of carbonyl (C=O) groups excluding carboxylic acids is 1. The molecule has 0 saturated carbocycles. The molecule has 0 spiro atoms. The van der Waals surface area contributed by atoms with E-state index in [1.165, 1.54) is 24.3 Å². The topological polar surface area (TPSA) is 62.1 Å². The van der Waals surface area contributed by atoms with Crippen LogP contribution in [-0.4, -0.2) is 33.9 Å². The second kappa shape index (κ2) is 7.98. The summed E-state index contributed by atoms with van der Waals surface area (Å²) in [5.74, 6) is 0.528. The third-order valence-corrected chi connectivity index (χ3v) is 5.71. The molecule has 1 fully saturated rings. The molecule has 0 bridgehead atoms. The van der Waals surface area contributed by atoms with Crippen molar-refractivity contribution in [2.75, 3.05) is 13.1 Å². The number of aromatic amines is 1. The van der Waals surface area contributed by atoms with Crippen LogP contribution in [-0.2, 0) is 6.42 Å². The first-order valence-corrected chi connectivity index (χ1v) is 10.3. The van der Waals surface area contributed by atoms with Crippen molar-refractivity contribution in [3.8, 4) is 0 Å². The van der Waals surface area contributed by atoms with Gasteiger partial charge < -0.3 is 14.3 Å². The number of H-pyrrole nitrogens is 1. The van der Waals surface area contributed by atoms with E-state index in [9.17, 15) is 13.6 Å². The van der Waals surface area contributed by atoms with Crippen LogP contribution in [0, 0.1) is 11.6 Å². The normalized spacial score (nSPS) is 16.7. The van der Waals surface area contributed by atoms with Crippen LogP contribution >= 0.6 is 0 Å². The molecule has 1 saturated heterocycles. The molecule has 1 unspecified atom stereocenters. The van der Waals surface area contributed by atoms with E-state index in [0.29, 0.717) is 42.4 Å². The fraction of sp³-hybridized carbons (Fsp3) is 0.250. The number of nitrogens with zero attached hydrogens (tertiary/aromatic N) is 2. The van der Waals surface area contributed by atoms with Crippen LogP contribution < -0.4 is 0 Å². The number of piperidine rings is 1. The molecular formula is C24H21F2N3O2. The number of carbonyl (C=O) groups is 1. The molecule has 0 radical (unpaired) electrons. The summed E-state index contributed by atoms with van der Waals surface area (Å²) in [5.41, 5.74) is 1.87. The van der Waals surface area contributed by atoms with Crippen LogP contribution in [0.25, 0.3) is 10.9 Å². The second-order valence-corrected chi connectivity index (χ2v) is 7.98. The third-order valence-electron chi connectivity index (χ3n) is 5.71. The lowest BCUT2D eigenvalue weighted by Gasteiger charge is -2.31. The predicted octanol–water partition coefficient (Wildman–Crippen LogP) is 5.04. The average Bonchev–Trinajstić information content (AvgIpc) is 3.40. The summed E-state index contributed by atoms with van der Waals surface area (Å²) in [7, 11) is 0. The number of aromatic nitrogens is 2. The number of hydrogen-bond acceptors (Lipinski definition) is 3. The van der Waals surface area contributed by atoms with Crippen LogP contribution in [0.4, 0.5) is 8.78 Å². The Kier molecular flexibility index (Phi) is 5.02. The quantitative estimate of drug-likeness (QED) is 0.502. The highest BCUT2D eigenvalue weighted by molar-refractivity contribution is 5.98. The van der Waals surface area contributed by atoms with Crippen LogP contribution in [0.1, 0.15) is 46.5 Å². The largest absolute Gasteiger partial charge is 0.445 e. The third kappa shape index (κ3) is 4.08. The van der Waals surface area contributed by atoms with Gasteiger partial charge in [-0.15, -0.1) is 0 Å². The first-order chi connectivity index (χ1) is 15.0. The van der Waals surface area contributed by atoms with Gasteiger partial charge in [0.1, 0.15) is 23.1 Å². The predicted molar refractivity (Wildman–Crippen MR) is 112 cm³/mol. The molecule has 0 aliphatic carbocycles. The molecule has 4 aromatic rings. The van der Waals surface area contributed by atoms with Crippen LogP contribution in [0.3, 0.4) is 0 Å². The highest BCUT2D eigenvalue weighted by Gasteiger charge is 2.29. The maximum Gasteiger partial charge on any atom is 0.270 e. The Morgan fingerprint density at radius 1 is 1.16 bits per heavy atom. The Morgan fingerprint density at radius 3 is 2.90 bits per heavy atom. The van der Waals surface area contributed by atoms with Crippen molar-refractivity contribution in [3.63, 3.8) is 0 Å². The van der Waals surface area contributed by atoms with Gasteiger partial charge in [-0.1, -0.05) is 12.1 Å². The molecule has 158 valence electrons. The van der Waals surface area contributed by atoms with Crippen molar-refractivity contribution in [1.29, 1.82) is 0 Å². The highest BCUT2D eigenvalue weighted by Crippen LogP contribution is 2.28. The zero-order valence-corrected chi connectivity index (χ0v) is 16.8. The maximum atomic E-state index is 13.4. The van der Waals surface area contributed by atoms with Gasteiger partial charge in [0.2, 0.25) is 0 Å². The monoisotopic (exact) mass is 421 g/mol. The Bertz CT molecular complexity index is 1250. The first kappa shape index (κ1) is 19.5. The van der Waals surface area contributed by atoms with Crippen molar-refractivity contribution in [1.82, 2.24) is 14.9 Å². The van der Waals surface area contributed by atoms with Gasteiger partial charge in [0.25, 0.3) is 5.91 Å². The lowest BCUT2D eigenvalue weighted by Crippen LogP contribution is -2.39. The molecule has 1 atom stereocenters. The molecular weight excluding hydrogens is 400 g/mol. The van der Waals surface area contributed by atoms with Gasteiger partial charge >= 0.3 is 0 Å². The Morgan fingerprint density at radius 2 is 2.03 bits per heavy atom. The van der Waals surface area contributed by atoms with E-state index in [1.807, 2.05) is 6.07 Å². The van der Waals surface area contributed by atoms with Crippen LogP contribution in [0.2, 0.25) is 0 Å². The Hall–Kier alpha value is -3.48. The molecule has 1 amide bonds. The number of amides is 1. The van der Waals surface area contributed by atoms with E-state index >= 15 is 0 Å². The van der Waals surface area contributed by atoms with Crippen LogP contribution in [0.5, 0.6) is 0 Å². The molecule has 3 heterocycles. The van der Waals surface area contributed by atoms with Crippen molar-refractivity contribution < 1.29 is 18.0 Å². The summed E-state index contributed by atoms with van der Waals surface area (Å²) >= 11 is 0. The molecule has 1 aliphatic heterocycles. The summed E-state index contributed by atoms with van der Waals surface area (Å²) in [5, 5.41) is 0.799. The standard InChI is InChI=1S/C24H21F2N3O2/c25-18-5-1-3-15(9-18)10-20-13-27-23(31-20)17-4-2-8-29(14-17)24(30)22-11-16-6-7-19(26)12-21(16)28-22/h1,3,5-7,9,11-13,17,28H,2,4,8,10,14H2. The SMILES string of the molecule is O=C(c1cc2ccc(F)cc2[nH]1)N1CCCC(c2ncc(Cc3cccc(F)c3)o2)C1. The van der Waals surface area contributed by atoms with Gasteiger partial charge in [-0.3, -0.25) is 4.79 Å². The average molecular weight is 421 g/mol. The zero-order chi connectivity index (χ0) is 21.4. The number of likely N-dealkylation sites (tertiary alicyclic amines) is 1. The zero-order valence-electron chi connectivity index (χ0n) is 16.8. The molecule has 2 aromatic carbocycles. The van der Waals surface area contributed by atoms with Gasteiger partial charge in [-0.25, -0.2) is 13.8 Å². The Labute approximate surface area is 177 Å². The van der Waals surface area contributed by atoms with E-state index < -0.39 is 0 Å². The highest BCUT2D eigenvalue weighted by atomic mass is 19.1. The maximum absolute atomic E-state index is 13.4. The lowest BCUT2D eigenvalue weighted by atomic mass is 9.97. The second-order valence-electron chi connectivity index (χ2n) is 7.98. The minimum absolute atomic E-state index is 0.000724. The van der Waals surface area contributed by atoms with E-state index in [0.717, 1.165) is 23.8 Å². The first-order valence-electron chi connectivity index (χ1n) is 10.3. The van der Waals surface area contributed by atoms with Gasteiger partial charge in [-0.2, -0.15) is 0 Å². The van der Waals surface area contributed by atoms with E-state index in [4.69, 9.17) is 4.42 Å². The smallest absolute Gasteiger partial charge is 0.270 e. The van der Waals surface area contributed by atoms with E-state index in [2.05, 4.69) is 9.97 Å². The summed E-state index contributed by atoms with van der Waals surface area (Å²) in [4.78, 5) is 22.3. The number of fused-ring (bicyclic) bond motifs is 1. The number of nitrogens with one attached hydrogen (secondary N) is 1. The minimum Gasteiger partial charge on any atom is -0.445 e. The number of hydrogen-bond donors (Lipinski definition) is 1. The molecule has 2 aromatic heterocycles. The molecule has 5 rings (SSSR count). The Balaban J connectivity index is 1.29. The van der Waals surface area contributed by atoms with E-state index in [1.54, 1.807) is 29.3 Å². The summed E-state index contributed by atoms with van der Waals surface area (Å²) in [6, 6.07) is 12.6. The van der Waals surface area contributed by atoms with Gasteiger partial charge in [0.05, 0.1) is 12.1 Å². The fourth-order valence-corrected chi connectivity index (χ4v) is 4.19. The molecule has 1 N–H and O–H groups in total. The van der Waals surface area contributed by atoms with Crippen molar-refractivity contribution >= 4 is 16.8 Å².